The molecule has 0 bridgehead atoms. The first kappa shape index (κ1) is 27.8. The number of aryl methyl sites for hydroxylation is 1. The topological polar surface area (TPSA) is 83.1 Å². The molecule has 7 heteroatoms. The average molecular weight is 452 g/mol. The van der Waals surface area contributed by atoms with E-state index in [9.17, 15) is 9.59 Å². The lowest BCUT2D eigenvalue weighted by Gasteiger charge is -2.13. The van der Waals surface area contributed by atoms with E-state index < -0.39 is 0 Å². The molecule has 1 N–H and O–H groups in total. The first-order chi connectivity index (χ1) is 15.5. The van der Waals surface area contributed by atoms with Crippen molar-refractivity contribution in [3.05, 3.63) is 23.8 Å². The van der Waals surface area contributed by atoms with E-state index in [0.717, 1.165) is 56.4 Å². The molecule has 1 rings (SSSR count). The lowest BCUT2D eigenvalue weighted by Crippen LogP contribution is -2.31. The van der Waals surface area contributed by atoms with Crippen LogP contribution < -0.4 is 14.8 Å². The summed E-state index contributed by atoms with van der Waals surface area (Å²) in [4.78, 5) is 23.4. The number of carbonyl (C=O) groups excluding carboxylic acids is 2. The van der Waals surface area contributed by atoms with Crippen molar-refractivity contribution in [3.8, 4) is 11.5 Å². The highest BCUT2D eigenvalue weighted by molar-refractivity contribution is 5.79. The fourth-order valence-corrected chi connectivity index (χ4v) is 3.33. The third-order valence-corrected chi connectivity index (χ3v) is 5.21. The number of esters is 1. The minimum absolute atomic E-state index is 0.00515. The summed E-state index contributed by atoms with van der Waals surface area (Å²) in [6.07, 6.45) is 7.22. The van der Waals surface area contributed by atoms with Gasteiger partial charge in [0.2, 0.25) is 5.91 Å². The fraction of sp³-hybridized carbons (Fsp3) is 0.680. The normalized spacial score (nSPS) is 11.6. The minimum atomic E-state index is -0.276. The summed E-state index contributed by atoms with van der Waals surface area (Å²) in [6, 6.07) is 6.11. The smallest absolute Gasteiger partial charge is 0.307 e. The molecule has 1 aromatic carbocycles. The van der Waals surface area contributed by atoms with Crippen LogP contribution in [0.3, 0.4) is 0 Å². The number of unbranched alkanes of at least 4 members (excludes halogenated alkanes) is 3. The predicted molar refractivity (Wildman–Crippen MR) is 125 cm³/mol. The molecule has 1 aromatic rings. The SMILES string of the molecule is CCOC(=O)CCNC(=O)[C@H](C)CCCCCCc1ccc(OC)c(OCCCOC)c1. The van der Waals surface area contributed by atoms with Gasteiger partial charge in [-0.15, -0.1) is 0 Å². The summed E-state index contributed by atoms with van der Waals surface area (Å²) < 4.78 is 21.2. The second-order valence-electron chi connectivity index (χ2n) is 7.88. The zero-order valence-corrected chi connectivity index (χ0v) is 20.2. The Morgan fingerprint density at radius 2 is 1.78 bits per heavy atom. The van der Waals surface area contributed by atoms with E-state index in [1.54, 1.807) is 21.1 Å². The Morgan fingerprint density at radius 3 is 2.50 bits per heavy atom. The van der Waals surface area contributed by atoms with Gasteiger partial charge in [-0.3, -0.25) is 9.59 Å². The van der Waals surface area contributed by atoms with Gasteiger partial charge in [0.1, 0.15) is 0 Å². The number of benzene rings is 1. The molecular weight excluding hydrogens is 410 g/mol. The lowest BCUT2D eigenvalue weighted by atomic mass is 10.00. The van der Waals surface area contributed by atoms with Gasteiger partial charge in [0.15, 0.2) is 11.5 Å². The van der Waals surface area contributed by atoms with E-state index in [4.69, 9.17) is 18.9 Å². The van der Waals surface area contributed by atoms with Crippen molar-refractivity contribution in [3.63, 3.8) is 0 Å². The van der Waals surface area contributed by atoms with Crippen molar-refractivity contribution >= 4 is 11.9 Å². The van der Waals surface area contributed by atoms with Crippen LogP contribution in [-0.4, -0.2) is 52.5 Å². The molecule has 0 aliphatic carbocycles. The van der Waals surface area contributed by atoms with E-state index in [2.05, 4.69) is 17.4 Å². The van der Waals surface area contributed by atoms with Crippen molar-refractivity contribution in [2.75, 3.05) is 40.6 Å². The molecule has 0 aliphatic heterocycles. The highest BCUT2D eigenvalue weighted by Crippen LogP contribution is 2.29. The summed E-state index contributed by atoms with van der Waals surface area (Å²) in [5.41, 5.74) is 1.24. The number of carbonyl (C=O) groups is 2. The second kappa shape index (κ2) is 17.3. The highest BCUT2D eigenvalue weighted by Gasteiger charge is 2.13. The minimum Gasteiger partial charge on any atom is -0.493 e. The monoisotopic (exact) mass is 451 g/mol. The molecule has 0 aromatic heterocycles. The van der Waals surface area contributed by atoms with Crippen molar-refractivity contribution in [2.24, 2.45) is 5.92 Å². The highest BCUT2D eigenvalue weighted by atomic mass is 16.5. The number of methoxy groups -OCH3 is 2. The predicted octanol–water partition coefficient (Wildman–Crippen LogP) is 4.31. The van der Waals surface area contributed by atoms with Crippen LogP contribution in [0.25, 0.3) is 0 Å². The maximum absolute atomic E-state index is 12.1. The third-order valence-electron chi connectivity index (χ3n) is 5.21. The Labute approximate surface area is 193 Å². The van der Waals surface area contributed by atoms with E-state index in [1.165, 1.54) is 5.56 Å². The quantitative estimate of drug-likeness (QED) is 0.265. The Bertz CT molecular complexity index is 664. The number of hydrogen-bond acceptors (Lipinski definition) is 6. The van der Waals surface area contributed by atoms with E-state index in [-0.39, 0.29) is 24.2 Å². The van der Waals surface area contributed by atoms with Crippen molar-refractivity contribution in [2.45, 2.75) is 65.2 Å². The second-order valence-corrected chi connectivity index (χ2v) is 7.88. The molecule has 0 radical (unpaired) electrons. The van der Waals surface area contributed by atoms with Crippen molar-refractivity contribution < 1.29 is 28.5 Å². The van der Waals surface area contributed by atoms with Crippen LogP contribution in [0.15, 0.2) is 18.2 Å². The van der Waals surface area contributed by atoms with Crippen molar-refractivity contribution in [1.29, 1.82) is 0 Å². The fourth-order valence-electron chi connectivity index (χ4n) is 3.33. The van der Waals surface area contributed by atoms with E-state index in [1.807, 2.05) is 13.0 Å². The van der Waals surface area contributed by atoms with Crippen LogP contribution in [0.2, 0.25) is 0 Å². The maximum Gasteiger partial charge on any atom is 0.307 e. The number of nitrogens with one attached hydrogen (secondary N) is 1. The average Bonchev–Trinajstić information content (AvgIpc) is 2.79. The van der Waals surface area contributed by atoms with Crippen LogP contribution in [0.1, 0.15) is 64.4 Å². The lowest BCUT2D eigenvalue weighted by molar-refractivity contribution is -0.143. The molecule has 0 heterocycles. The third kappa shape index (κ3) is 11.9. The molecule has 182 valence electrons. The number of rotatable bonds is 18. The van der Waals surface area contributed by atoms with Gasteiger partial charge in [-0.25, -0.2) is 0 Å². The van der Waals surface area contributed by atoms with Crippen LogP contribution in [0.5, 0.6) is 11.5 Å². The Hall–Kier alpha value is -2.28. The Balaban J connectivity index is 2.22. The van der Waals surface area contributed by atoms with E-state index >= 15 is 0 Å². The number of ether oxygens (including phenoxy) is 4. The summed E-state index contributed by atoms with van der Waals surface area (Å²) >= 11 is 0. The summed E-state index contributed by atoms with van der Waals surface area (Å²) in [5, 5.41) is 2.81. The Kier molecular flexibility index (Phi) is 15.0. The van der Waals surface area contributed by atoms with Gasteiger partial charge >= 0.3 is 5.97 Å². The van der Waals surface area contributed by atoms with E-state index in [0.29, 0.717) is 26.4 Å². The summed E-state index contributed by atoms with van der Waals surface area (Å²) in [7, 11) is 3.34. The maximum atomic E-state index is 12.1. The molecule has 0 saturated carbocycles. The van der Waals surface area contributed by atoms with Gasteiger partial charge in [0, 0.05) is 32.6 Å². The first-order valence-corrected chi connectivity index (χ1v) is 11.7. The molecule has 0 aliphatic rings. The standard InChI is InChI=1S/C25H41NO6/c1-5-31-24(27)15-16-26-25(28)20(2)11-8-6-7-9-12-21-13-14-22(30-4)23(19-21)32-18-10-17-29-3/h13-14,19-20H,5-12,15-18H2,1-4H3,(H,26,28)/t20-/m1/s1. The molecule has 32 heavy (non-hydrogen) atoms. The van der Waals surface area contributed by atoms with Crippen LogP contribution >= 0.6 is 0 Å². The molecule has 0 fully saturated rings. The van der Waals surface area contributed by atoms with Crippen molar-refractivity contribution in [1.82, 2.24) is 5.32 Å². The zero-order chi connectivity index (χ0) is 23.6. The summed E-state index contributed by atoms with van der Waals surface area (Å²) in [6.45, 7) is 5.68. The van der Waals surface area contributed by atoms with Gasteiger partial charge in [-0.1, -0.05) is 32.3 Å². The largest absolute Gasteiger partial charge is 0.493 e. The van der Waals surface area contributed by atoms with Gasteiger partial charge in [-0.05, 0) is 43.9 Å². The van der Waals surface area contributed by atoms with Gasteiger partial charge in [0.05, 0.1) is 26.7 Å². The zero-order valence-electron chi connectivity index (χ0n) is 20.2. The van der Waals surface area contributed by atoms with Gasteiger partial charge in [0.25, 0.3) is 0 Å². The molecule has 0 saturated heterocycles. The molecule has 7 nitrogen and oxygen atoms in total. The first-order valence-electron chi connectivity index (χ1n) is 11.7. The molecule has 1 amide bonds. The molecule has 0 unspecified atom stereocenters. The molecule has 1 atom stereocenters. The number of amides is 1. The molecule has 0 spiro atoms. The number of hydrogen-bond donors (Lipinski definition) is 1. The van der Waals surface area contributed by atoms with Crippen LogP contribution in [0.4, 0.5) is 0 Å². The van der Waals surface area contributed by atoms with Gasteiger partial charge < -0.3 is 24.3 Å². The van der Waals surface area contributed by atoms with Crippen LogP contribution in [0, 0.1) is 5.92 Å². The molecular formula is C25H41NO6. The van der Waals surface area contributed by atoms with Crippen LogP contribution in [-0.2, 0) is 25.5 Å². The summed E-state index contributed by atoms with van der Waals surface area (Å²) in [5.74, 6) is 1.22. The Morgan fingerprint density at radius 1 is 1.00 bits per heavy atom. The van der Waals surface area contributed by atoms with Gasteiger partial charge in [-0.2, -0.15) is 0 Å².